The van der Waals surface area contributed by atoms with Crippen LogP contribution in [-0.2, 0) is 17.8 Å². The minimum atomic E-state index is -0.335. The van der Waals surface area contributed by atoms with Gasteiger partial charge >= 0.3 is 6.03 Å². The van der Waals surface area contributed by atoms with Gasteiger partial charge in [0.2, 0.25) is 5.91 Å². The Morgan fingerprint density at radius 2 is 1.81 bits per heavy atom. The summed E-state index contributed by atoms with van der Waals surface area (Å²) < 4.78 is 2.34. The first-order valence-corrected chi connectivity index (χ1v) is 13.4. The van der Waals surface area contributed by atoms with E-state index >= 15 is 0 Å². The Hall–Kier alpha value is -3.58. The Labute approximate surface area is 218 Å². The molecule has 192 valence electrons. The molecular weight excluding hydrogens is 462 g/mol. The van der Waals surface area contributed by atoms with Crippen LogP contribution in [0.3, 0.4) is 0 Å². The van der Waals surface area contributed by atoms with Crippen molar-refractivity contribution in [1.29, 1.82) is 0 Å². The highest BCUT2D eigenvalue weighted by atomic mass is 16.2. The average Bonchev–Trinajstić information content (AvgIpc) is 3.57. The first-order chi connectivity index (χ1) is 18.0. The summed E-state index contributed by atoms with van der Waals surface area (Å²) in [5.74, 6) is -0.194. The molecule has 0 unspecified atom stereocenters. The third-order valence-corrected chi connectivity index (χ3v) is 8.03. The second-order valence-corrected chi connectivity index (χ2v) is 10.8. The van der Waals surface area contributed by atoms with Crippen LogP contribution >= 0.6 is 0 Å². The summed E-state index contributed by atoms with van der Waals surface area (Å²) in [7, 11) is 4.19. The number of rotatable bonds is 5. The van der Waals surface area contributed by atoms with Crippen molar-refractivity contribution in [2.45, 2.75) is 31.8 Å². The van der Waals surface area contributed by atoms with Crippen LogP contribution in [0, 0.1) is 5.92 Å². The van der Waals surface area contributed by atoms with E-state index in [2.05, 4.69) is 59.4 Å². The molecule has 7 heteroatoms. The fraction of sp³-hybridized carbons (Fsp3) is 0.400. The maximum absolute atomic E-state index is 13.7. The van der Waals surface area contributed by atoms with Crippen molar-refractivity contribution in [1.82, 2.24) is 19.3 Å². The van der Waals surface area contributed by atoms with Crippen molar-refractivity contribution < 1.29 is 9.59 Å². The molecule has 2 atom stereocenters. The number of carbonyl (C=O) groups excluding carboxylic acids is 2. The first kappa shape index (κ1) is 23.8. The van der Waals surface area contributed by atoms with E-state index in [4.69, 9.17) is 0 Å². The van der Waals surface area contributed by atoms with Gasteiger partial charge < -0.3 is 24.6 Å². The molecule has 2 aromatic carbocycles. The molecule has 1 aromatic heterocycles. The topological polar surface area (TPSA) is 60.8 Å². The first-order valence-electron chi connectivity index (χ1n) is 13.4. The Balaban J connectivity index is 1.40. The van der Waals surface area contributed by atoms with E-state index in [1.807, 2.05) is 40.1 Å². The molecule has 1 fully saturated rings. The van der Waals surface area contributed by atoms with E-state index in [0.717, 1.165) is 62.3 Å². The molecule has 0 spiro atoms. The maximum Gasteiger partial charge on any atom is 0.322 e. The molecule has 3 aromatic rings. The highest BCUT2D eigenvalue weighted by Crippen LogP contribution is 2.42. The lowest BCUT2D eigenvalue weighted by Gasteiger charge is -2.42. The van der Waals surface area contributed by atoms with E-state index < -0.39 is 0 Å². The molecule has 0 bridgehead atoms. The van der Waals surface area contributed by atoms with Gasteiger partial charge in [0.05, 0.1) is 12.0 Å². The van der Waals surface area contributed by atoms with Crippen molar-refractivity contribution >= 4 is 34.1 Å². The third-order valence-electron chi connectivity index (χ3n) is 8.03. The SMILES string of the molecule is CN(C)CCn1cc2c3c(cccc31)C1=C[C@@H](C(=O)N3CCCC3)CN(C(=O)Nc3ccccc3)[C@@H]1C2. The summed E-state index contributed by atoms with van der Waals surface area (Å²) in [6, 6.07) is 15.8. The second kappa shape index (κ2) is 9.71. The van der Waals surface area contributed by atoms with Gasteiger partial charge in [-0.05, 0) is 68.3 Å². The van der Waals surface area contributed by atoms with Gasteiger partial charge in [0.1, 0.15) is 0 Å². The van der Waals surface area contributed by atoms with Gasteiger partial charge in [0.25, 0.3) is 0 Å². The fourth-order valence-electron chi connectivity index (χ4n) is 6.18. The number of hydrogen-bond donors (Lipinski definition) is 1. The predicted octanol–water partition coefficient (Wildman–Crippen LogP) is 4.30. The predicted molar refractivity (Wildman–Crippen MR) is 147 cm³/mol. The summed E-state index contributed by atoms with van der Waals surface area (Å²) in [6.07, 6.45) is 7.30. The average molecular weight is 498 g/mol. The van der Waals surface area contributed by atoms with Gasteiger partial charge in [-0.15, -0.1) is 0 Å². The standard InChI is InChI=1S/C30H35N5O2/c1-32(2)15-16-34-19-21-18-27-25(24-11-8-12-26(34)28(21)24)17-22(29(36)33-13-6-7-14-33)20-35(27)30(37)31-23-9-4-3-5-10-23/h3-5,8-12,17,19,22,27H,6-7,13-16,18,20H2,1-2H3,(H,31,37)/t22-,27-/m1/s1. The number of para-hydroxylation sites is 1. The van der Waals surface area contributed by atoms with Crippen LogP contribution in [0.1, 0.15) is 24.0 Å². The number of amides is 3. The molecule has 3 aliphatic rings. The number of fused-ring (bicyclic) bond motifs is 2. The van der Waals surface area contributed by atoms with Gasteiger partial charge in [0, 0.05) is 55.5 Å². The molecule has 3 heterocycles. The molecule has 0 saturated carbocycles. The molecule has 1 aliphatic carbocycles. The highest BCUT2D eigenvalue weighted by molar-refractivity contribution is 6.02. The van der Waals surface area contributed by atoms with E-state index in [1.165, 1.54) is 16.5 Å². The van der Waals surface area contributed by atoms with Crippen molar-refractivity contribution in [2.24, 2.45) is 5.92 Å². The lowest BCUT2D eigenvalue weighted by Crippen LogP contribution is -2.52. The second-order valence-electron chi connectivity index (χ2n) is 10.8. The van der Waals surface area contributed by atoms with E-state index in [1.54, 1.807) is 0 Å². The normalized spacial score (nSPS) is 20.8. The van der Waals surface area contributed by atoms with E-state index in [0.29, 0.717) is 6.54 Å². The van der Waals surface area contributed by atoms with Crippen LogP contribution in [0.15, 0.2) is 60.8 Å². The van der Waals surface area contributed by atoms with Crippen LogP contribution in [0.25, 0.3) is 16.5 Å². The Morgan fingerprint density at radius 3 is 2.57 bits per heavy atom. The summed E-state index contributed by atoms with van der Waals surface area (Å²) in [5.41, 5.74) is 5.52. The van der Waals surface area contributed by atoms with E-state index in [-0.39, 0.29) is 23.9 Å². The fourth-order valence-corrected chi connectivity index (χ4v) is 6.18. The summed E-state index contributed by atoms with van der Waals surface area (Å²) in [6.45, 7) is 3.89. The monoisotopic (exact) mass is 497 g/mol. The van der Waals surface area contributed by atoms with Crippen molar-refractivity contribution in [3.8, 4) is 0 Å². The lowest BCUT2D eigenvalue weighted by atomic mass is 9.79. The maximum atomic E-state index is 13.7. The van der Waals surface area contributed by atoms with Crippen molar-refractivity contribution in [2.75, 3.05) is 45.6 Å². The lowest BCUT2D eigenvalue weighted by molar-refractivity contribution is -0.133. The quantitative estimate of drug-likeness (QED) is 0.572. The largest absolute Gasteiger partial charge is 0.346 e. The number of aromatic nitrogens is 1. The number of nitrogens with one attached hydrogen (secondary N) is 1. The van der Waals surface area contributed by atoms with Crippen LogP contribution in [0.5, 0.6) is 0 Å². The summed E-state index contributed by atoms with van der Waals surface area (Å²) in [5, 5.41) is 4.35. The number of nitrogens with zero attached hydrogens (tertiary/aromatic N) is 4. The zero-order valence-electron chi connectivity index (χ0n) is 21.7. The molecule has 2 aliphatic heterocycles. The van der Waals surface area contributed by atoms with Crippen LogP contribution < -0.4 is 5.32 Å². The smallest absolute Gasteiger partial charge is 0.322 e. The molecule has 37 heavy (non-hydrogen) atoms. The molecule has 0 radical (unpaired) electrons. The number of anilines is 1. The molecule has 6 rings (SSSR count). The number of likely N-dealkylation sites (tertiary alicyclic amines) is 1. The Kier molecular flexibility index (Phi) is 6.24. The number of urea groups is 1. The molecule has 7 nitrogen and oxygen atoms in total. The van der Waals surface area contributed by atoms with Crippen LogP contribution in [0.4, 0.5) is 10.5 Å². The third kappa shape index (κ3) is 4.42. The minimum absolute atomic E-state index is 0.103. The molecule has 1 saturated heterocycles. The van der Waals surface area contributed by atoms with Gasteiger partial charge in [-0.2, -0.15) is 0 Å². The van der Waals surface area contributed by atoms with Crippen LogP contribution in [-0.4, -0.2) is 77.5 Å². The molecule has 3 amide bonds. The zero-order chi connectivity index (χ0) is 25.5. The zero-order valence-corrected chi connectivity index (χ0v) is 21.7. The van der Waals surface area contributed by atoms with Crippen LogP contribution in [0.2, 0.25) is 0 Å². The van der Waals surface area contributed by atoms with E-state index in [9.17, 15) is 9.59 Å². The van der Waals surface area contributed by atoms with Gasteiger partial charge in [0.15, 0.2) is 0 Å². The molecular formula is C30H35N5O2. The summed E-state index contributed by atoms with van der Waals surface area (Å²) in [4.78, 5) is 33.3. The number of hydrogen-bond acceptors (Lipinski definition) is 3. The highest BCUT2D eigenvalue weighted by Gasteiger charge is 2.41. The number of likely N-dealkylation sites (N-methyl/N-ethyl adjacent to an activating group) is 1. The van der Waals surface area contributed by atoms with Crippen molar-refractivity contribution in [3.05, 3.63) is 71.9 Å². The minimum Gasteiger partial charge on any atom is -0.346 e. The van der Waals surface area contributed by atoms with Gasteiger partial charge in [-0.1, -0.05) is 36.4 Å². The number of benzene rings is 2. The van der Waals surface area contributed by atoms with Crippen molar-refractivity contribution in [3.63, 3.8) is 0 Å². The summed E-state index contributed by atoms with van der Waals surface area (Å²) >= 11 is 0. The number of carbonyl (C=O) groups is 2. The Morgan fingerprint density at radius 1 is 1.03 bits per heavy atom. The molecule has 1 N–H and O–H groups in total. The van der Waals surface area contributed by atoms with Gasteiger partial charge in [-0.25, -0.2) is 4.79 Å². The Bertz CT molecular complexity index is 1350. The van der Waals surface area contributed by atoms with Gasteiger partial charge in [-0.3, -0.25) is 4.79 Å².